The fourth-order valence-electron chi connectivity index (χ4n) is 9.91. The Hall–Kier alpha value is -2.60. The summed E-state index contributed by atoms with van der Waals surface area (Å²) in [5.41, 5.74) is 3.36. The third-order valence-electron chi connectivity index (χ3n) is 13.9. The highest BCUT2D eigenvalue weighted by Crippen LogP contribution is 2.37. The van der Waals surface area contributed by atoms with Gasteiger partial charge < -0.3 is 53.4 Å². The number of nitrogens with zero attached hydrogens (tertiary/aromatic N) is 2. The number of hydrogen-bond donors (Lipinski definition) is 3. The predicted molar refractivity (Wildman–Crippen MR) is 234 cm³/mol. The summed E-state index contributed by atoms with van der Waals surface area (Å²) in [6, 6.07) is 8.18. The van der Waals surface area contributed by atoms with Crippen LogP contribution < -0.4 is 0 Å². The molecule has 1 aromatic rings. The minimum atomic E-state index is -1.19. The first kappa shape index (κ1) is 50.4. The van der Waals surface area contributed by atoms with Gasteiger partial charge in [0.05, 0.1) is 37.4 Å². The summed E-state index contributed by atoms with van der Waals surface area (Å²) in [7, 11) is 6.86. The Balaban J connectivity index is 1.45. The summed E-state index contributed by atoms with van der Waals surface area (Å²) in [6.07, 6.45) is -2.10. The van der Waals surface area contributed by atoms with Crippen LogP contribution in [0.1, 0.15) is 85.3 Å². The Kier molecular flexibility index (Phi) is 18.7. The van der Waals surface area contributed by atoms with Crippen LogP contribution in [0.15, 0.2) is 48.1 Å². The molecule has 3 N–H and O–H groups in total. The van der Waals surface area contributed by atoms with Crippen LogP contribution in [0.25, 0.3) is 0 Å². The molecule has 4 aliphatic heterocycles. The number of cyclic esters (lactones) is 1. The number of methoxy groups -OCH3 is 2. The van der Waals surface area contributed by atoms with Gasteiger partial charge in [-0.15, -0.1) is 0 Å². The summed E-state index contributed by atoms with van der Waals surface area (Å²) in [5.74, 6) is -2.40. The van der Waals surface area contributed by atoms with Gasteiger partial charge in [0, 0.05) is 57.0 Å². The number of hydrogen-bond acceptors (Lipinski definition) is 14. The number of rotatable bonds is 12. The highest BCUT2D eigenvalue weighted by Gasteiger charge is 2.47. The van der Waals surface area contributed by atoms with E-state index in [-0.39, 0.29) is 42.8 Å². The van der Waals surface area contributed by atoms with Gasteiger partial charge in [-0.2, -0.15) is 0 Å². The number of aliphatic hydroxyl groups is 3. The first-order chi connectivity index (χ1) is 29.5. The van der Waals surface area contributed by atoms with Crippen molar-refractivity contribution in [2.45, 2.75) is 161 Å². The topological polar surface area (TPSA) is 166 Å². The largest absolute Gasteiger partial charge is 0.462 e. The smallest absolute Gasteiger partial charge is 0.308 e. The molecule has 0 bridgehead atoms. The van der Waals surface area contributed by atoms with E-state index >= 15 is 0 Å². The van der Waals surface area contributed by atoms with Gasteiger partial charge in [-0.3, -0.25) is 14.5 Å². The number of fused-ring (bicyclic) bond motifs is 1. The number of ether oxygens (including phenoxy) is 7. The second kappa shape index (κ2) is 23.0. The van der Waals surface area contributed by atoms with Gasteiger partial charge in [-0.05, 0) is 83.8 Å². The van der Waals surface area contributed by atoms with Crippen LogP contribution in [0.5, 0.6) is 0 Å². The molecular formula is C48H76N2O12. The number of likely N-dealkylation sites (N-methyl/N-ethyl adjacent to an activating group) is 1. The molecule has 0 radical (unpaired) electrons. The highest BCUT2D eigenvalue weighted by atomic mass is 16.7. The molecule has 4 heterocycles. The Morgan fingerprint density at radius 3 is 2.10 bits per heavy atom. The molecule has 350 valence electrons. The molecule has 0 amide bonds. The molecule has 14 heteroatoms. The molecule has 4 aliphatic rings. The summed E-state index contributed by atoms with van der Waals surface area (Å²) in [4.78, 5) is 32.3. The molecule has 0 aromatic heterocycles. The molecule has 14 nitrogen and oxygen atoms in total. The van der Waals surface area contributed by atoms with Crippen molar-refractivity contribution in [1.29, 1.82) is 0 Å². The van der Waals surface area contributed by atoms with Crippen molar-refractivity contribution < 1.29 is 58.1 Å². The molecule has 2 fully saturated rings. The van der Waals surface area contributed by atoms with Gasteiger partial charge in [0.25, 0.3) is 0 Å². The zero-order valence-electron chi connectivity index (χ0n) is 38.9. The lowest BCUT2D eigenvalue weighted by Crippen LogP contribution is -2.60. The number of benzene rings is 1. The number of aliphatic hydroxyl groups excluding tert-OH is 3. The molecule has 17 atom stereocenters. The van der Waals surface area contributed by atoms with E-state index in [0.717, 1.165) is 25.2 Å². The highest BCUT2D eigenvalue weighted by molar-refractivity contribution is 5.91. The maximum atomic E-state index is 14.0. The fraction of sp³-hybridized carbons (Fsp3) is 0.750. The van der Waals surface area contributed by atoms with Crippen molar-refractivity contribution in [2.24, 2.45) is 29.6 Å². The van der Waals surface area contributed by atoms with E-state index < -0.39 is 85.1 Å². The van der Waals surface area contributed by atoms with Gasteiger partial charge in [-0.1, -0.05) is 69.7 Å². The lowest BCUT2D eigenvalue weighted by Gasteiger charge is -2.47. The Labute approximate surface area is 369 Å². The van der Waals surface area contributed by atoms with Crippen LogP contribution in [-0.2, 0) is 55.8 Å². The number of allylic oxidation sites excluding steroid dienone is 3. The van der Waals surface area contributed by atoms with Gasteiger partial charge >= 0.3 is 5.97 Å². The van der Waals surface area contributed by atoms with E-state index in [4.69, 9.17) is 33.2 Å². The molecule has 0 unspecified atom stereocenters. The monoisotopic (exact) mass is 873 g/mol. The van der Waals surface area contributed by atoms with Crippen LogP contribution in [-0.4, -0.2) is 152 Å². The van der Waals surface area contributed by atoms with Crippen LogP contribution >= 0.6 is 0 Å². The maximum Gasteiger partial charge on any atom is 0.308 e. The van der Waals surface area contributed by atoms with Gasteiger partial charge in [0.1, 0.15) is 30.5 Å². The normalized spacial score (nSPS) is 40.8. The van der Waals surface area contributed by atoms with E-state index in [1.807, 2.05) is 59.7 Å². The van der Waals surface area contributed by atoms with E-state index in [9.17, 15) is 24.9 Å². The zero-order valence-corrected chi connectivity index (χ0v) is 38.9. The molecule has 0 spiro atoms. The number of ketones is 1. The summed E-state index contributed by atoms with van der Waals surface area (Å²) in [5, 5.41) is 34.5. The number of carbonyl (C=O) groups is 2. The van der Waals surface area contributed by atoms with Crippen LogP contribution in [0.2, 0.25) is 0 Å². The lowest BCUT2D eigenvalue weighted by atomic mass is 9.79. The first-order valence-corrected chi connectivity index (χ1v) is 22.7. The molecule has 0 saturated carbocycles. The average Bonchev–Trinajstić information content (AvgIpc) is 3.66. The van der Waals surface area contributed by atoms with Crippen molar-refractivity contribution in [1.82, 2.24) is 9.80 Å². The third kappa shape index (κ3) is 12.4. The van der Waals surface area contributed by atoms with Gasteiger partial charge in [0.2, 0.25) is 0 Å². The molecular weight excluding hydrogens is 797 g/mol. The van der Waals surface area contributed by atoms with Crippen LogP contribution in [0.4, 0.5) is 0 Å². The van der Waals surface area contributed by atoms with Crippen molar-refractivity contribution >= 4 is 11.8 Å². The number of esters is 1. The minimum Gasteiger partial charge on any atom is -0.462 e. The lowest BCUT2D eigenvalue weighted by molar-refractivity contribution is -0.304. The fourth-order valence-corrected chi connectivity index (χ4v) is 9.91. The average molecular weight is 873 g/mol. The molecule has 2 saturated heterocycles. The molecule has 62 heavy (non-hydrogen) atoms. The van der Waals surface area contributed by atoms with Crippen molar-refractivity contribution in [3.63, 3.8) is 0 Å². The zero-order chi connectivity index (χ0) is 45.4. The Morgan fingerprint density at radius 1 is 0.839 bits per heavy atom. The number of carbonyl (C=O) groups excluding carboxylic acids is 2. The molecule has 1 aromatic carbocycles. The Morgan fingerprint density at radius 2 is 1.48 bits per heavy atom. The maximum absolute atomic E-state index is 14.0. The van der Waals surface area contributed by atoms with E-state index in [1.54, 1.807) is 19.1 Å². The van der Waals surface area contributed by atoms with E-state index in [0.29, 0.717) is 19.3 Å². The standard InChI is InChI=1S/C48H76N2O12/c1-12-39-36(26-58-48-46(57-11)45(56-10)42(54)32(7)60-48)21-27(2)17-18-37(51)28(3)22-33(19-20-50-24-34-15-13-14-16-35(34)25-50)44(30(5)38(52)23-40(53)61-39)62-47-43(55)41(49(8)9)29(4)31(6)59-47/h13-18,21,28-33,36,38-39,41-48,52,54-55H,12,19-20,22-26H2,1-11H3/b18-17+,27-21+/t28-,29-,30+,31-,32-,33+,36-,38-,39-,41+,42-,43-,44-,45-,46-,47+,48-/m1/s1. The SMILES string of the molecule is CC[C@H]1OC(=O)C[C@@H](O)[C@H](C)[C@@H](O[C@@H]2O[C@H](C)[C@@H](C)[C@H](N(C)C)[C@H]2O)[C@@H](CCN2Cc3ccccc3C2)C[C@@H](C)C(=O)/C=C/C(C)=C/[C@@H]1CO[C@@H]1O[C@H](C)[C@@H](O)[C@@H](OC)[C@H]1OC. The van der Waals surface area contributed by atoms with Crippen molar-refractivity contribution in [2.75, 3.05) is 41.5 Å². The van der Waals surface area contributed by atoms with Crippen molar-refractivity contribution in [3.05, 3.63) is 59.2 Å². The minimum absolute atomic E-state index is 0.0141. The van der Waals surface area contributed by atoms with Gasteiger partial charge in [0.15, 0.2) is 18.4 Å². The second-order valence-electron chi connectivity index (χ2n) is 18.6. The Bertz CT molecular complexity index is 1630. The third-order valence-corrected chi connectivity index (χ3v) is 13.9. The predicted octanol–water partition coefficient (Wildman–Crippen LogP) is 4.65. The van der Waals surface area contributed by atoms with E-state index in [2.05, 4.69) is 36.1 Å². The van der Waals surface area contributed by atoms with Crippen molar-refractivity contribution in [3.8, 4) is 0 Å². The first-order valence-electron chi connectivity index (χ1n) is 22.7. The molecule has 5 rings (SSSR count). The molecule has 0 aliphatic carbocycles. The second-order valence-corrected chi connectivity index (χ2v) is 18.6. The van der Waals surface area contributed by atoms with Crippen LogP contribution in [0, 0.1) is 29.6 Å². The quantitative estimate of drug-likeness (QED) is 0.249. The summed E-state index contributed by atoms with van der Waals surface area (Å²) >= 11 is 0. The van der Waals surface area contributed by atoms with Crippen LogP contribution in [0.3, 0.4) is 0 Å². The summed E-state index contributed by atoms with van der Waals surface area (Å²) < 4.78 is 43.1. The van der Waals surface area contributed by atoms with Gasteiger partial charge in [-0.25, -0.2) is 0 Å². The van der Waals surface area contributed by atoms with E-state index in [1.165, 1.54) is 25.3 Å². The summed E-state index contributed by atoms with van der Waals surface area (Å²) in [6.45, 7) is 15.7.